The monoisotopic (exact) mass is 529 g/mol. The lowest BCUT2D eigenvalue weighted by atomic mass is 9.95. The highest BCUT2D eigenvalue weighted by Gasteiger charge is 2.26. The number of nitrogens with zero attached hydrogens (tertiary/aromatic N) is 3. The molecule has 194 valence electrons. The Morgan fingerprint density at radius 3 is 1.66 bits per heavy atom. The van der Waals surface area contributed by atoms with Gasteiger partial charge < -0.3 is 9.13 Å². The average molecular weight is 530 g/mol. The normalized spacial score (nSPS) is 11.6. The summed E-state index contributed by atoms with van der Waals surface area (Å²) in [7, 11) is 0. The van der Waals surface area contributed by atoms with E-state index in [2.05, 4.69) is 94.1 Å². The number of fused-ring (bicyclic) bond motifs is 7. The highest BCUT2D eigenvalue weighted by atomic mass is 16.6. The lowest BCUT2D eigenvalue weighted by Gasteiger charge is -2.14. The molecule has 0 atom stereocenters. The van der Waals surface area contributed by atoms with Gasteiger partial charge in [0.1, 0.15) is 0 Å². The molecule has 5 heteroatoms. The van der Waals surface area contributed by atoms with E-state index < -0.39 is 0 Å². The molecule has 0 N–H and O–H groups in total. The minimum atomic E-state index is -0.283. The van der Waals surface area contributed by atoms with Crippen LogP contribution in [0.5, 0.6) is 0 Å². The molecule has 8 rings (SSSR count). The molecule has 8 aromatic rings. The van der Waals surface area contributed by atoms with Crippen molar-refractivity contribution >= 4 is 49.3 Å². The molecular weight excluding hydrogens is 506 g/mol. The molecule has 0 unspecified atom stereocenters. The smallest absolute Gasteiger partial charge is 0.277 e. The molecule has 0 spiro atoms. The van der Waals surface area contributed by atoms with Crippen LogP contribution in [-0.2, 0) is 0 Å². The van der Waals surface area contributed by atoms with Crippen LogP contribution < -0.4 is 0 Å². The summed E-state index contributed by atoms with van der Waals surface area (Å²) in [4.78, 5) is 12.0. The van der Waals surface area contributed by atoms with Gasteiger partial charge in [-0.15, -0.1) is 0 Å². The molecule has 2 heterocycles. The molecule has 0 aliphatic carbocycles. The van der Waals surface area contributed by atoms with Gasteiger partial charge in [-0.3, -0.25) is 10.1 Å². The van der Waals surface area contributed by atoms with Crippen molar-refractivity contribution in [3.8, 4) is 22.5 Å². The summed E-state index contributed by atoms with van der Waals surface area (Å²) in [6.07, 6.45) is 0. The van der Waals surface area contributed by atoms with Crippen LogP contribution in [0.3, 0.4) is 0 Å². The van der Waals surface area contributed by atoms with E-state index in [-0.39, 0.29) is 10.6 Å². The molecule has 0 fully saturated rings. The zero-order valence-electron chi connectivity index (χ0n) is 21.9. The van der Waals surface area contributed by atoms with Crippen molar-refractivity contribution in [3.63, 3.8) is 0 Å². The molecule has 2 aromatic heterocycles. The topological polar surface area (TPSA) is 53.0 Å². The summed E-state index contributed by atoms with van der Waals surface area (Å²) in [5, 5.41) is 16.5. The number of para-hydroxylation sites is 5. The van der Waals surface area contributed by atoms with Crippen LogP contribution in [0.1, 0.15) is 0 Å². The first kappa shape index (κ1) is 23.2. The van der Waals surface area contributed by atoms with Crippen molar-refractivity contribution in [1.29, 1.82) is 0 Å². The molecule has 5 nitrogen and oxygen atoms in total. The summed E-state index contributed by atoms with van der Waals surface area (Å²) in [5.74, 6) is 0. The Labute approximate surface area is 235 Å². The van der Waals surface area contributed by atoms with Crippen LogP contribution in [0.4, 0.5) is 5.69 Å². The molecule has 0 saturated carbocycles. The second-order valence-corrected chi connectivity index (χ2v) is 10.2. The Kier molecular flexibility index (Phi) is 5.06. The molecule has 0 radical (unpaired) electrons. The Bertz CT molecular complexity index is 2280. The maximum absolute atomic E-state index is 12.3. The van der Waals surface area contributed by atoms with Gasteiger partial charge in [0.15, 0.2) is 0 Å². The van der Waals surface area contributed by atoms with Gasteiger partial charge in [0, 0.05) is 39.0 Å². The van der Waals surface area contributed by atoms with Gasteiger partial charge in [-0.2, -0.15) is 0 Å². The first-order valence-corrected chi connectivity index (χ1v) is 13.6. The fourth-order valence-corrected chi connectivity index (χ4v) is 6.36. The van der Waals surface area contributed by atoms with Crippen LogP contribution in [0.2, 0.25) is 0 Å². The third-order valence-electron chi connectivity index (χ3n) is 7.99. The van der Waals surface area contributed by atoms with Crippen molar-refractivity contribution in [2.45, 2.75) is 0 Å². The standard InChI is InChI=1S/C36H23N3O2/c40-39(41)33-22-12-8-17-26(33)29-23-30-27-18-7-10-20-31(27)37(24-13-3-1-4-14-24)35(30)36-34(29)28-19-9-11-21-32(28)38(36)25-15-5-2-6-16-25/h1-23H. The quantitative estimate of drug-likeness (QED) is 0.168. The lowest BCUT2D eigenvalue weighted by Crippen LogP contribution is -1.99. The molecule has 0 bridgehead atoms. The van der Waals surface area contributed by atoms with Crippen molar-refractivity contribution in [3.05, 3.63) is 150 Å². The summed E-state index contributed by atoms with van der Waals surface area (Å²) >= 11 is 0. The fourth-order valence-electron chi connectivity index (χ4n) is 6.36. The minimum Gasteiger partial charge on any atom is -0.307 e. The molecule has 6 aromatic carbocycles. The van der Waals surface area contributed by atoms with Gasteiger partial charge in [0.2, 0.25) is 0 Å². The van der Waals surface area contributed by atoms with Gasteiger partial charge in [-0.1, -0.05) is 84.9 Å². The number of aromatic nitrogens is 2. The number of nitro benzene ring substituents is 1. The Hall–Kier alpha value is -5.68. The first-order valence-electron chi connectivity index (χ1n) is 13.6. The van der Waals surface area contributed by atoms with E-state index in [1.165, 1.54) is 0 Å². The fraction of sp³-hybridized carbons (Fsp3) is 0. The minimum absolute atomic E-state index is 0.0940. The Balaban J connectivity index is 1.71. The van der Waals surface area contributed by atoms with Crippen molar-refractivity contribution in [2.75, 3.05) is 0 Å². The van der Waals surface area contributed by atoms with E-state index in [0.29, 0.717) is 5.56 Å². The second kappa shape index (κ2) is 8.93. The lowest BCUT2D eigenvalue weighted by molar-refractivity contribution is -0.384. The summed E-state index contributed by atoms with van der Waals surface area (Å²) in [6, 6.07) is 46.7. The van der Waals surface area contributed by atoms with E-state index in [4.69, 9.17) is 0 Å². The third-order valence-corrected chi connectivity index (χ3v) is 7.99. The number of benzene rings is 6. The molecule has 41 heavy (non-hydrogen) atoms. The van der Waals surface area contributed by atoms with E-state index in [1.807, 2.05) is 42.5 Å². The predicted octanol–water partition coefficient (Wildman–Crippen LogP) is 9.46. The number of rotatable bonds is 4. The van der Waals surface area contributed by atoms with Crippen LogP contribution in [0, 0.1) is 10.1 Å². The molecule has 0 amide bonds. The van der Waals surface area contributed by atoms with Crippen molar-refractivity contribution in [2.24, 2.45) is 0 Å². The Morgan fingerprint density at radius 2 is 1.00 bits per heavy atom. The molecule has 0 aliphatic heterocycles. The van der Waals surface area contributed by atoms with E-state index in [1.54, 1.807) is 12.1 Å². The average Bonchev–Trinajstić information content (AvgIpc) is 3.55. The predicted molar refractivity (Wildman–Crippen MR) is 167 cm³/mol. The van der Waals surface area contributed by atoms with Crippen LogP contribution in [-0.4, -0.2) is 14.1 Å². The first-order chi connectivity index (χ1) is 20.2. The summed E-state index contributed by atoms with van der Waals surface area (Å²) < 4.78 is 4.64. The second-order valence-electron chi connectivity index (χ2n) is 10.2. The number of hydrogen-bond donors (Lipinski definition) is 0. The Morgan fingerprint density at radius 1 is 0.488 bits per heavy atom. The van der Waals surface area contributed by atoms with Crippen LogP contribution in [0.25, 0.3) is 66.1 Å². The maximum Gasteiger partial charge on any atom is 0.277 e. The highest BCUT2D eigenvalue weighted by Crippen LogP contribution is 2.47. The largest absolute Gasteiger partial charge is 0.307 e. The number of nitro groups is 1. The highest BCUT2D eigenvalue weighted by molar-refractivity contribution is 6.28. The molecular formula is C36H23N3O2. The van der Waals surface area contributed by atoms with E-state index >= 15 is 0 Å². The van der Waals surface area contributed by atoms with Crippen LogP contribution >= 0.6 is 0 Å². The van der Waals surface area contributed by atoms with Crippen molar-refractivity contribution in [1.82, 2.24) is 9.13 Å². The zero-order chi connectivity index (χ0) is 27.5. The zero-order valence-corrected chi connectivity index (χ0v) is 21.9. The van der Waals surface area contributed by atoms with Crippen LogP contribution in [0.15, 0.2) is 140 Å². The van der Waals surface area contributed by atoms with Gasteiger partial charge in [0.05, 0.1) is 32.6 Å². The SMILES string of the molecule is O=[N+]([O-])c1ccccc1-c1cc2c3ccccc3n(-c3ccccc3)c2c2c1c1ccccc1n2-c1ccccc1. The van der Waals surface area contributed by atoms with Gasteiger partial charge in [-0.05, 0) is 54.1 Å². The number of hydrogen-bond acceptors (Lipinski definition) is 2. The summed E-state index contributed by atoms with van der Waals surface area (Å²) in [5.41, 5.74) is 7.85. The van der Waals surface area contributed by atoms with Gasteiger partial charge >= 0.3 is 0 Å². The molecule has 0 aliphatic rings. The maximum atomic E-state index is 12.3. The van der Waals surface area contributed by atoms with Gasteiger partial charge in [-0.25, -0.2) is 0 Å². The third kappa shape index (κ3) is 3.36. The van der Waals surface area contributed by atoms with E-state index in [9.17, 15) is 10.1 Å². The van der Waals surface area contributed by atoms with E-state index in [0.717, 1.165) is 60.5 Å². The summed E-state index contributed by atoms with van der Waals surface area (Å²) in [6.45, 7) is 0. The van der Waals surface area contributed by atoms with Crippen molar-refractivity contribution < 1.29 is 4.92 Å². The molecule has 0 saturated heterocycles. The van der Waals surface area contributed by atoms with Gasteiger partial charge in [0.25, 0.3) is 5.69 Å².